The number of benzene rings is 3. The SMILES string of the molecule is COc1ccc(N2C(=O)C(CC(=O)Nc3ccc(F)cc3)N(Cc3ccc(F)cc3)C2=S)cc1. The fourth-order valence-electron chi connectivity index (χ4n) is 3.69. The number of amides is 2. The summed E-state index contributed by atoms with van der Waals surface area (Å²) in [7, 11) is 1.54. The first-order chi connectivity index (χ1) is 16.4. The molecule has 3 aromatic rings. The van der Waals surface area contributed by atoms with E-state index in [0.29, 0.717) is 17.1 Å². The number of anilines is 2. The molecule has 1 aliphatic heterocycles. The van der Waals surface area contributed by atoms with Crippen LogP contribution in [0.5, 0.6) is 5.75 Å². The number of hydrogen-bond donors (Lipinski definition) is 1. The van der Waals surface area contributed by atoms with Crippen molar-refractivity contribution < 1.29 is 23.1 Å². The number of rotatable bonds is 7. The molecular weight excluding hydrogens is 460 g/mol. The standard InChI is InChI=1S/C25H21F2N3O3S/c1-33-21-12-10-20(11-13-21)30-24(32)22(14-23(31)28-19-8-6-18(27)7-9-19)29(25(30)34)15-16-2-4-17(26)5-3-16/h2-13,22H,14-15H2,1H3,(H,28,31). The molecule has 9 heteroatoms. The largest absolute Gasteiger partial charge is 0.497 e. The van der Waals surface area contributed by atoms with Crippen molar-refractivity contribution in [3.63, 3.8) is 0 Å². The monoisotopic (exact) mass is 481 g/mol. The average Bonchev–Trinajstić information content (AvgIpc) is 3.06. The van der Waals surface area contributed by atoms with E-state index in [1.807, 2.05) is 0 Å². The minimum Gasteiger partial charge on any atom is -0.497 e. The van der Waals surface area contributed by atoms with Gasteiger partial charge in [-0.3, -0.25) is 14.5 Å². The van der Waals surface area contributed by atoms with Crippen LogP contribution in [-0.2, 0) is 16.1 Å². The number of thiocarbonyl (C=S) groups is 1. The molecule has 174 valence electrons. The average molecular weight is 482 g/mol. The summed E-state index contributed by atoms with van der Waals surface area (Å²) >= 11 is 5.63. The number of ether oxygens (including phenoxy) is 1. The highest BCUT2D eigenvalue weighted by Crippen LogP contribution is 2.30. The minimum absolute atomic E-state index is 0.176. The van der Waals surface area contributed by atoms with Gasteiger partial charge in [-0.1, -0.05) is 12.1 Å². The topological polar surface area (TPSA) is 61.9 Å². The first-order valence-corrected chi connectivity index (χ1v) is 10.8. The van der Waals surface area contributed by atoms with E-state index in [-0.39, 0.29) is 29.8 Å². The lowest BCUT2D eigenvalue weighted by atomic mass is 10.1. The van der Waals surface area contributed by atoms with Crippen LogP contribution in [0.4, 0.5) is 20.2 Å². The Kier molecular flexibility index (Phi) is 6.83. The van der Waals surface area contributed by atoms with Crippen LogP contribution in [0.25, 0.3) is 0 Å². The molecule has 2 amide bonds. The molecule has 34 heavy (non-hydrogen) atoms. The Morgan fingerprint density at radius 1 is 0.971 bits per heavy atom. The zero-order valence-electron chi connectivity index (χ0n) is 18.2. The third-order valence-electron chi connectivity index (χ3n) is 5.42. The van der Waals surface area contributed by atoms with E-state index in [1.165, 1.54) is 41.3 Å². The molecule has 4 rings (SSSR count). The van der Waals surface area contributed by atoms with Gasteiger partial charge in [0.1, 0.15) is 23.4 Å². The summed E-state index contributed by atoms with van der Waals surface area (Å²) in [5, 5.41) is 2.92. The van der Waals surface area contributed by atoms with E-state index in [0.717, 1.165) is 5.56 Å². The zero-order chi connectivity index (χ0) is 24.2. The summed E-state index contributed by atoms with van der Waals surface area (Å²) < 4.78 is 31.7. The van der Waals surface area contributed by atoms with Crippen LogP contribution in [0.15, 0.2) is 72.8 Å². The maximum Gasteiger partial charge on any atom is 0.256 e. The number of methoxy groups -OCH3 is 1. The summed E-state index contributed by atoms with van der Waals surface area (Å²) in [5.41, 5.74) is 1.69. The quantitative estimate of drug-likeness (QED) is 0.504. The fraction of sp³-hybridized carbons (Fsp3) is 0.160. The lowest BCUT2D eigenvalue weighted by molar-refractivity contribution is -0.124. The van der Waals surface area contributed by atoms with Crippen molar-refractivity contribution in [1.29, 1.82) is 0 Å². The van der Waals surface area contributed by atoms with Crippen LogP contribution < -0.4 is 15.0 Å². The summed E-state index contributed by atoms with van der Waals surface area (Å²) in [6.07, 6.45) is -0.176. The van der Waals surface area contributed by atoms with E-state index in [9.17, 15) is 18.4 Å². The van der Waals surface area contributed by atoms with Crippen LogP contribution >= 0.6 is 12.2 Å². The highest BCUT2D eigenvalue weighted by molar-refractivity contribution is 7.80. The number of nitrogens with one attached hydrogen (secondary N) is 1. The first kappa shape index (κ1) is 23.3. The van der Waals surface area contributed by atoms with Gasteiger partial charge < -0.3 is 15.0 Å². The number of carbonyl (C=O) groups excluding carboxylic acids is 2. The van der Waals surface area contributed by atoms with Gasteiger partial charge in [-0.2, -0.15) is 0 Å². The van der Waals surface area contributed by atoms with Gasteiger partial charge in [-0.25, -0.2) is 8.78 Å². The summed E-state index contributed by atoms with van der Waals surface area (Å²) in [6.45, 7) is 0.214. The smallest absolute Gasteiger partial charge is 0.256 e. The Bertz CT molecular complexity index is 1200. The predicted octanol–water partition coefficient (Wildman–Crippen LogP) is 4.50. The minimum atomic E-state index is -0.875. The molecule has 1 saturated heterocycles. The number of carbonyl (C=O) groups is 2. The molecule has 1 fully saturated rings. The van der Waals surface area contributed by atoms with Crippen molar-refractivity contribution in [3.05, 3.63) is 90.0 Å². The van der Waals surface area contributed by atoms with Gasteiger partial charge in [-0.05, 0) is 78.4 Å². The van der Waals surface area contributed by atoms with Crippen LogP contribution in [0.1, 0.15) is 12.0 Å². The molecule has 0 aromatic heterocycles. The highest BCUT2D eigenvalue weighted by Gasteiger charge is 2.44. The van der Waals surface area contributed by atoms with Crippen molar-refractivity contribution >= 4 is 40.5 Å². The lowest BCUT2D eigenvalue weighted by Crippen LogP contribution is -2.37. The maximum atomic E-state index is 13.4. The Balaban J connectivity index is 1.59. The van der Waals surface area contributed by atoms with Crippen molar-refractivity contribution in [1.82, 2.24) is 4.90 Å². The molecule has 0 saturated carbocycles. The molecule has 0 radical (unpaired) electrons. The predicted molar refractivity (Wildman–Crippen MR) is 128 cm³/mol. The lowest BCUT2D eigenvalue weighted by Gasteiger charge is -2.24. The third-order valence-corrected chi connectivity index (χ3v) is 5.84. The van der Waals surface area contributed by atoms with Crippen LogP contribution in [0.3, 0.4) is 0 Å². The van der Waals surface area contributed by atoms with E-state index >= 15 is 0 Å². The second-order valence-corrected chi connectivity index (χ2v) is 8.05. The molecule has 6 nitrogen and oxygen atoms in total. The molecule has 1 N–H and O–H groups in total. The Hall–Kier alpha value is -3.85. The number of hydrogen-bond acceptors (Lipinski definition) is 4. The molecule has 1 aliphatic rings. The highest BCUT2D eigenvalue weighted by atomic mass is 32.1. The van der Waals surface area contributed by atoms with E-state index < -0.39 is 17.8 Å². The zero-order valence-corrected chi connectivity index (χ0v) is 19.0. The van der Waals surface area contributed by atoms with Gasteiger partial charge in [0.2, 0.25) is 5.91 Å². The molecular formula is C25H21F2N3O3S. The summed E-state index contributed by atoms with van der Waals surface area (Å²) in [5.74, 6) is -0.950. The molecule has 0 bridgehead atoms. The molecule has 1 atom stereocenters. The van der Waals surface area contributed by atoms with Crippen molar-refractivity contribution in [2.75, 3.05) is 17.3 Å². The van der Waals surface area contributed by atoms with E-state index in [4.69, 9.17) is 17.0 Å². The van der Waals surface area contributed by atoms with Gasteiger partial charge in [0.15, 0.2) is 5.11 Å². The number of nitrogens with zero attached hydrogens (tertiary/aromatic N) is 2. The van der Waals surface area contributed by atoms with Gasteiger partial charge in [0, 0.05) is 12.2 Å². The van der Waals surface area contributed by atoms with E-state index in [2.05, 4.69) is 5.32 Å². The van der Waals surface area contributed by atoms with Crippen molar-refractivity contribution in [2.45, 2.75) is 19.0 Å². The number of halogens is 2. The second-order valence-electron chi connectivity index (χ2n) is 7.68. The van der Waals surface area contributed by atoms with Crippen molar-refractivity contribution in [2.24, 2.45) is 0 Å². The summed E-state index contributed by atoms with van der Waals surface area (Å²) in [6, 6.07) is 17.2. The maximum absolute atomic E-state index is 13.4. The molecule has 3 aromatic carbocycles. The normalized spacial score (nSPS) is 15.6. The van der Waals surface area contributed by atoms with Gasteiger partial charge in [-0.15, -0.1) is 0 Å². The van der Waals surface area contributed by atoms with Gasteiger partial charge in [0.25, 0.3) is 5.91 Å². The fourth-order valence-corrected chi connectivity index (χ4v) is 4.08. The van der Waals surface area contributed by atoms with Crippen molar-refractivity contribution in [3.8, 4) is 5.75 Å². The Morgan fingerprint density at radius 2 is 1.56 bits per heavy atom. The molecule has 0 aliphatic carbocycles. The molecule has 1 unspecified atom stereocenters. The third kappa shape index (κ3) is 5.04. The van der Waals surface area contributed by atoms with Gasteiger partial charge >= 0.3 is 0 Å². The van der Waals surface area contributed by atoms with Gasteiger partial charge in [0.05, 0.1) is 19.2 Å². The Morgan fingerprint density at radius 3 is 2.15 bits per heavy atom. The molecule has 0 spiro atoms. The van der Waals surface area contributed by atoms with Crippen LogP contribution in [0, 0.1) is 11.6 Å². The second kappa shape index (κ2) is 9.96. The first-order valence-electron chi connectivity index (χ1n) is 10.4. The summed E-state index contributed by atoms with van der Waals surface area (Å²) in [4.78, 5) is 29.2. The van der Waals surface area contributed by atoms with Crippen LogP contribution in [0.2, 0.25) is 0 Å². The van der Waals surface area contributed by atoms with E-state index in [1.54, 1.807) is 48.4 Å². The molecule has 1 heterocycles. The van der Waals surface area contributed by atoms with Crippen LogP contribution in [-0.4, -0.2) is 35.0 Å². The Labute approximate surface area is 200 Å².